The van der Waals surface area contributed by atoms with E-state index in [9.17, 15) is 4.79 Å². The van der Waals surface area contributed by atoms with Crippen LogP contribution >= 0.6 is 11.6 Å². The van der Waals surface area contributed by atoms with E-state index in [2.05, 4.69) is 19.1 Å². The molecule has 3 atom stereocenters. The topological polar surface area (TPSA) is 26.3 Å². The maximum atomic E-state index is 11.8. The number of ether oxygens (including phenoxy) is 1. The van der Waals surface area contributed by atoms with E-state index in [1.165, 1.54) is 31.9 Å². The molecule has 1 saturated carbocycles. The fraction of sp³-hybridized carbons (Fsp3) is 0.611. The standard InChI is InChI=1S/C18H25ClO2/c1-3-4-5-14-12-15(18(20)21-2)8-11-17(14)13-6-9-16(19)10-7-13/h6-7,9-10,14-15,17H,3-5,8,11-12H2,1-2H3. The summed E-state index contributed by atoms with van der Waals surface area (Å²) in [4.78, 5) is 11.8. The molecule has 0 aromatic heterocycles. The van der Waals surface area contributed by atoms with Crippen LogP contribution in [0, 0.1) is 11.8 Å². The Balaban J connectivity index is 2.11. The number of methoxy groups -OCH3 is 1. The summed E-state index contributed by atoms with van der Waals surface area (Å²) in [7, 11) is 1.49. The van der Waals surface area contributed by atoms with Gasteiger partial charge in [-0.25, -0.2) is 0 Å². The number of esters is 1. The molecule has 1 fully saturated rings. The molecule has 3 unspecified atom stereocenters. The Morgan fingerprint density at radius 2 is 2.00 bits per heavy atom. The van der Waals surface area contributed by atoms with Gasteiger partial charge in [-0.1, -0.05) is 43.5 Å². The molecule has 21 heavy (non-hydrogen) atoms. The Hall–Kier alpha value is -1.02. The Labute approximate surface area is 132 Å². The Morgan fingerprint density at radius 3 is 2.62 bits per heavy atom. The first kappa shape index (κ1) is 16.4. The highest BCUT2D eigenvalue weighted by Crippen LogP contribution is 2.43. The van der Waals surface area contributed by atoms with E-state index in [-0.39, 0.29) is 11.9 Å². The van der Waals surface area contributed by atoms with Gasteiger partial charge >= 0.3 is 5.97 Å². The lowest BCUT2D eigenvalue weighted by Gasteiger charge is -2.35. The highest BCUT2D eigenvalue weighted by molar-refractivity contribution is 6.30. The van der Waals surface area contributed by atoms with Crippen molar-refractivity contribution in [1.29, 1.82) is 0 Å². The second-order valence-electron chi connectivity index (χ2n) is 6.09. The molecule has 0 heterocycles. The first-order chi connectivity index (χ1) is 10.2. The maximum Gasteiger partial charge on any atom is 0.308 e. The molecule has 0 N–H and O–H groups in total. The molecule has 1 aliphatic carbocycles. The minimum Gasteiger partial charge on any atom is -0.469 e. The largest absolute Gasteiger partial charge is 0.469 e. The molecule has 0 radical (unpaired) electrons. The summed E-state index contributed by atoms with van der Waals surface area (Å²) in [6.07, 6.45) is 6.57. The summed E-state index contributed by atoms with van der Waals surface area (Å²) >= 11 is 5.99. The monoisotopic (exact) mass is 308 g/mol. The first-order valence-electron chi connectivity index (χ1n) is 7.99. The smallest absolute Gasteiger partial charge is 0.308 e. The van der Waals surface area contributed by atoms with Gasteiger partial charge in [0.05, 0.1) is 13.0 Å². The molecule has 0 amide bonds. The van der Waals surface area contributed by atoms with Crippen molar-refractivity contribution in [1.82, 2.24) is 0 Å². The van der Waals surface area contributed by atoms with Crippen molar-refractivity contribution in [3.05, 3.63) is 34.9 Å². The van der Waals surface area contributed by atoms with E-state index in [1.807, 2.05) is 12.1 Å². The summed E-state index contributed by atoms with van der Waals surface area (Å²) in [6, 6.07) is 8.23. The highest BCUT2D eigenvalue weighted by atomic mass is 35.5. The summed E-state index contributed by atoms with van der Waals surface area (Å²) in [5.41, 5.74) is 1.36. The van der Waals surface area contributed by atoms with Gasteiger partial charge in [0.15, 0.2) is 0 Å². The van der Waals surface area contributed by atoms with Crippen LogP contribution in [-0.4, -0.2) is 13.1 Å². The average Bonchev–Trinajstić information content (AvgIpc) is 2.52. The van der Waals surface area contributed by atoms with E-state index >= 15 is 0 Å². The fourth-order valence-corrected chi connectivity index (χ4v) is 3.70. The molecule has 1 aliphatic rings. The van der Waals surface area contributed by atoms with Gasteiger partial charge < -0.3 is 4.74 Å². The molecule has 0 saturated heterocycles. The quantitative estimate of drug-likeness (QED) is 0.699. The van der Waals surface area contributed by atoms with Crippen LogP contribution in [0.2, 0.25) is 5.02 Å². The predicted octanol–water partition coefficient (Wildman–Crippen LogP) is 5.20. The van der Waals surface area contributed by atoms with Crippen LogP contribution in [0.5, 0.6) is 0 Å². The van der Waals surface area contributed by atoms with Crippen molar-refractivity contribution < 1.29 is 9.53 Å². The van der Waals surface area contributed by atoms with Gasteiger partial charge in [-0.05, 0) is 55.2 Å². The van der Waals surface area contributed by atoms with Crippen molar-refractivity contribution >= 4 is 17.6 Å². The van der Waals surface area contributed by atoms with Gasteiger partial charge in [0.2, 0.25) is 0 Å². The van der Waals surface area contributed by atoms with E-state index in [1.54, 1.807) is 0 Å². The fourth-order valence-electron chi connectivity index (χ4n) is 3.58. The molecule has 0 bridgehead atoms. The van der Waals surface area contributed by atoms with Crippen molar-refractivity contribution in [2.75, 3.05) is 7.11 Å². The van der Waals surface area contributed by atoms with Crippen LogP contribution in [-0.2, 0) is 9.53 Å². The minimum atomic E-state index is -0.0361. The zero-order chi connectivity index (χ0) is 15.2. The Kier molecular flexibility index (Phi) is 6.10. The Morgan fingerprint density at radius 1 is 1.29 bits per heavy atom. The zero-order valence-electron chi connectivity index (χ0n) is 13.0. The number of halogens is 1. The lowest BCUT2D eigenvalue weighted by atomic mass is 9.69. The van der Waals surface area contributed by atoms with Gasteiger partial charge in [0.25, 0.3) is 0 Å². The molecule has 1 aromatic carbocycles. The molecule has 0 aliphatic heterocycles. The van der Waals surface area contributed by atoms with Crippen LogP contribution in [0.4, 0.5) is 0 Å². The van der Waals surface area contributed by atoms with Crippen LogP contribution in [0.1, 0.15) is 56.9 Å². The van der Waals surface area contributed by atoms with Gasteiger partial charge in [0.1, 0.15) is 0 Å². The third-order valence-electron chi connectivity index (χ3n) is 4.74. The van der Waals surface area contributed by atoms with Crippen LogP contribution < -0.4 is 0 Å². The lowest BCUT2D eigenvalue weighted by molar-refractivity contribution is -0.147. The lowest BCUT2D eigenvalue weighted by Crippen LogP contribution is -2.29. The van der Waals surface area contributed by atoms with Gasteiger partial charge in [0, 0.05) is 5.02 Å². The number of benzene rings is 1. The van der Waals surface area contributed by atoms with E-state index in [4.69, 9.17) is 16.3 Å². The number of unbranched alkanes of at least 4 members (excludes halogenated alkanes) is 1. The second-order valence-corrected chi connectivity index (χ2v) is 6.53. The molecule has 0 spiro atoms. The summed E-state index contributed by atoms with van der Waals surface area (Å²) < 4.78 is 4.94. The Bertz CT molecular complexity index is 455. The van der Waals surface area contributed by atoms with E-state index in [0.29, 0.717) is 11.8 Å². The van der Waals surface area contributed by atoms with Crippen molar-refractivity contribution in [2.24, 2.45) is 11.8 Å². The third kappa shape index (κ3) is 4.23. The van der Waals surface area contributed by atoms with Crippen molar-refractivity contribution in [3.8, 4) is 0 Å². The number of carbonyl (C=O) groups is 1. The zero-order valence-corrected chi connectivity index (χ0v) is 13.7. The summed E-state index contributed by atoms with van der Waals surface area (Å²) in [5.74, 6) is 1.17. The molecule has 3 heteroatoms. The maximum absolute atomic E-state index is 11.8. The molecule has 116 valence electrons. The number of hydrogen-bond acceptors (Lipinski definition) is 2. The van der Waals surface area contributed by atoms with E-state index in [0.717, 1.165) is 24.3 Å². The first-order valence-corrected chi connectivity index (χ1v) is 8.36. The van der Waals surface area contributed by atoms with Crippen LogP contribution in [0.3, 0.4) is 0 Å². The number of rotatable bonds is 5. The average molecular weight is 309 g/mol. The number of carbonyl (C=O) groups excluding carboxylic acids is 1. The number of hydrogen-bond donors (Lipinski definition) is 0. The minimum absolute atomic E-state index is 0.0361. The third-order valence-corrected chi connectivity index (χ3v) is 5.00. The normalized spacial score (nSPS) is 25.6. The second kappa shape index (κ2) is 7.84. The van der Waals surface area contributed by atoms with Crippen molar-refractivity contribution in [2.45, 2.75) is 51.4 Å². The molecule has 1 aromatic rings. The van der Waals surface area contributed by atoms with Crippen LogP contribution in [0.15, 0.2) is 24.3 Å². The molecule has 2 nitrogen and oxygen atoms in total. The molecular formula is C18H25ClO2. The van der Waals surface area contributed by atoms with Gasteiger partial charge in [-0.2, -0.15) is 0 Å². The molecular weight excluding hydrogens is 284 g/mol. The molecule has 2 rings (SSSR count). The van der Waals surface area contributed by atoms with E-state index < -0.39 is 0 Å². The van der Waals surface area contributed by atoms with Gasteiger partial charge in [-0.3, -0.25) is 4.79 Å². The van der Waals surface area contributed by atoms with Crippen LogP contribution in [0.25, 0.3) is 0 Å². The van der Waals surface area contributed by atoms with Gasteiger partial charge in [-0.15, -0.1) is 0 Å². The van der Waals surface area contributed by atoms with Crippen molar-refractivity contribution in [3.63, 3.8) is 0 Å². The summed E-state index contributed by atoms with van der Waals surface area (Å²) in [6.45, 7) is 2.22. The highest BCUT2D eigenvalue weighted by Gasteiger charge is 2.34. The summed E-state index contributed by atoms with van der Waals surface area (Å²) in [5, 5.41) is 0.784. The SMILES string of the molecule is CCCCC1CC(C(=O)OC)CCC1c1ccc(Cl)cc1. The predicted molar refractivity (Wildman–Crippen MR) is 86.6 cm³/mol.